The van der Waals surface area contributed by atoms with Crippen molar-refractivity contribution in [3.8, 4) is 0 Å². The van der Waals surface area contributed by atoms with Crippen molar-refractivity contribution in [3.63, 3.8) is 0 Å². The Hall–Kier alpha value is -2.63. The number of aryl methyl sites for hydroxylation is 1. The maximum Gasteiger partial charge on any atom is 0.253 e. The van der Waals surface area contributed by atoms with E-state index in [1.165, 1.54) is 0 Å². The van der Waals surface area contributed by atoms with E-state index in [4.69, 9.17) is 0 Å². The van der Waals surface area contributed by atoms with Crippen molar-refractivity contribution in [2.24, 2.45) is 5.92 Å². The second kappa shape index (κ2) is 7.51. The van der Waals surface area contributed by atoms with Crippen LogP contribution in [0.2, 0.25) is 0 Å². The number of hydrogen-bond acceptors (Lipinski definition) is 3. The maximum absolute atomic E-state index is 12.4. The second-order valence-corrected chi connectivity index (χ2v) is 6.65. The van der Waals surface area contributed by atoms with E-state index in [1.54, 1.807) is 16.9 Å². The van der Waals surface area contributed by atoms with Crippen LogP contribution in [0, 0.1) is 12.8 Å². The Labute approximate surface area is 147 Å². The predicted molar refractivity (Wildman–Crippen MR) is 96.3 cm³/mol. The molecule has 2 heterocycles. The van der Waals surface area contributed by atoms with E-state index in [0.29, 0.717) is 12.1 Å². The fourth-order valence-electron chi connectivity index (χ4n) is 3.07. The molecule has 6 nitrogen and oxygen atoms in total. The number of rotatable bonds is 5. The highest BCUT2D eigenvalue weighted by atomic mass is 16.2. The smallest absolute Gasteiger partial charge is 0.253 e. The molecule has 1 aliphatic heterocycles. The van der Waals surface area contributed by atoms with Crippen LogP contribution in [0.3, 0.4) is 0 Å². The number of nitrogens with zero attached hydrogens (tertiary/aromatic N) is 3. The zero-order chi connectivity index (χ0) is 17.8. The standard InChI is InChI=1S/C19H24N4O2/c1-14-12-16(19(25)22-9-3-4-10-22)6-7-17(14)21-18(24)15(2)13-23-11-5-8-20-23/h5-8,11-12,15H,3-4,9-10,13H2,1-2H3,(H,21,24). The van der Waals surface area contributed by atoms with Gasteiger partial charge in [0.1, 0.15) is 0 Å². The van der Waals surface area contributed by atoms with Crippen molar-refractivity contribution < 1.29 is 9.59 Å². The molecule has 2 amide bonds. The first-order chi connectivity index (χ1) is 12.0. The summed E-state index contributed by atoms with van der Waals surface area (Å²) in [7, 11) is 0. The Morgan fingerprint density at radius 1 is 1.28 bits per heavy atom. The first-order valence-corrected chi connectivity index (χ1v) is 8.73. The Morgan fingerprint density at radius 2 is 2.04 bits per heavy atom. The van der Waals surface area contributed by atoms with E-state index >= 15 is 0 Å². The molecule has 0 aliphatic carbocycles. The highest BCUT2D eigenvalue weighted by Crippen LogP contribution is 2.20. The highest BCUT2D eigenvalue weighted by Gasteiger charge is 2.20. The van der Waals surface area contributed by atoms with E-state index in [9.17, 15) is 9.59 Å². The van der Waals surface area contributed by atoms with Gasteiger partial charge < -0.3 is 10.2 Å². The molecule has 2 aromatic rings. The summed E-state index contributed by atoms with van der Waals surface area (Å²) in [6.45, 7) is 5.98. The molecule has 0 spiro atoms. The lowest BCUT2D eigenvalue weighted by atomic mass is 10.1. The summed E-state index contributed by atoms with van der Waals surface area (Å²) in [5.74, 6) is -0.187. The fraction of sp³-hybridized carbons (Fsp3) is 0.421. The summed E-state index contributed by atoms with van der Waals surface area (Å²) in [6.07, 6.45) is 5.69. The quantitative estimate of drug-likeness (QED) is 0.910. The lowest BCUT2D eigenvalue weighted by Gasteiger charge is -2.17. The van der Waals surface area contributed by atoms with Gasteiger partial charge in [-0.15, -0.1) is 0 Å². The van der Waals surface area contributed by atoms with Gasteiger partial charge in [-0.05, 0) is 49.6 Å². The van der Waals surface area contributed by atoms with Crippen LogP contribution in [0.25, 0.3) is 0 Å². The number of aromatic nitrogens is 2. The largest absolute Gasteiger partial charge is 0.339 e. The summed E-state index contributed by atoms with van der Waals surface area (Å²) in [5.41, 5.74) is 2.32. The molecule has 1 atom stereocenters. The number of nitrogens with one attached hydrogen (secondary N) is 1. The van der Waals surface area contributed by atoms with Crippen LogP contribution in [-0.2, 0) is 11.3 Å². The van der Waals surface area contributed by atoms with E-state index < -0.39 is 0 Å². The first kappa shape index (κ1) is 17.2. The first-order valence-electron chi connectivity index (χ1n) is 8.73. The van der Waals surface area contributed by atoms with Crippen molar-refractivity contribution in [2.75, 3.05) is 18.4 Å². The zero-order valence-electron chi connectivity index (χ0n) is 14.7. The Kier molecular flexibility index (Phi) is 5.16. The molecule has 132 valence electrons. The predicted octanol–water partition coefficient (Wildman–Crippen LogP) is 2.70. The second-order valence-electron chi connectivity index (χ2n) is 6.65. The normalized spacial score (nSPS) is 15.2. The van der Waals surface area contributed by atoms with Gasteiger partial charge in [0, 0.05) is 36.7 Å². The average molecular weight is 340 g/mol. The molecular weight excluding hydrogens is 316 g/mol. The molecule has 1 aromatic carbocycles. The van der Waals surface area contributed by atoms with Crippen molar-refractivity contribution in [1.29, 1.82) is 0 Å². The molecule has 0 radical (unpaired) electrons. The number of anilines is 1. The Balaban J connectivity index is 1.64. The van der Waals surface area contributed by atoms with Crippen LogP contribution in [0.5, 0.6) is 0 Å². The van der Waals surface area contributed by atoms with Gasteiger partial charge in [0.15, 0.2) is 0 Å². The monoisotopic (exact) mass is 340 g/mol. The van der Waals surface area contributed by atoms with Crippen LogP contribution < -0.4 is 5.32 Å². The van der Waals surface area contributed by atoms with E-state index in [-0.39, 0.29) is 17.7 Å². The van der Waals surface area contributed by atoms with Crippen molar-refractivity contribution in [3.05, 3.63) is 47.8 Å². The van der Waals surface area contributed by atoms with Crippen LogP contribution in [-0.4, -0.2) is 39.6 Å². The van der Waals surface area contributed by atoms with E-state index in [1.807, 2.05) is 43.1 Å². The minimum Gasteiger partial charge on any atom is -0.339 e. The number of carbonyl (C=O) groups is 2. The Bertz CT molecular complexity index is 749. The molecule has 1 N–H and O–H groups in total. The molecule has 0 saturated carbocycles. The van der Waals surface area contributed by atoms with Crippen molar-refractivity contribution in [1.82, 2.24) is 14.7 Å². The molecule has 1 aromatic heterocycles. The summed E-state index contributed by atoms with van der Waals surface area (Å²) in [4.78, 5) is 26.7. The molecule has 1 unspecified atom stereocenters. The minimum absolute atomic E-state index is 0.0581. The lowest BCUT2D eigenvalue weighted by Crippen LogP contribution is -2.28. The summed E-state index contributed by atoms with van der Waals surface area (Å²) in [6, 6.07) is 7.30. The molecule has 25 heavy (non-hydrogen) atoms. The fourth-order valence-corrected chi connectivity index (χ4v) is 3.07. The molecule has 1 aliphatic rings. The van der Waals surface area contributed by atoms with Gasteiger partial charge in [0.2, 0.25) is 5.91 Å². The Morgan fingerprint density at radius 3 is 2.68 bits per heavy atom. The topological polar surface area (TPSA) is 67.2 Å². The van der Waals surface area contributed by atoms with E-state index in [0.717, 1.165) is 37.2 Å². The van der Waals surface area contributed by atoms with Crippen molar-refractivity contribution >= 4 is 17.5 Å². The van der Waals surface area contributed by atoms with Crippen LogP contribution >= 0.6 is 0 Å². The SMILES string of the molecule is Cc1cc(C(=O)N2CCCC2)ccc1NC(=O)C(C)Cn1cccn1. The molecule has 0 bridgehead atoms. The number of amides is 2. The zero-order valence-corrected chi connectivity index (χ0v) is 14.7. The third kappa shape index (κ3) is 4.07. The van der Waals surface area contributed by atoms with Crippen molar-refractivity contribution in [2.45, 2.75) is 33.2 Å². The molecule has 1 saturated heterocycles. The van der Waals surface area contributed by atoms with Crippen LogP contribution in [0.1, 0.15) is 35.7 Å². The van der Waals surface area contributed by atoms with Gasteiger partial charge in [-0.1, -0.05) is 6.92 Å². The summed E-state index contributed by atoms with van der Waals surface area (Å²) >= 11 is 0. The molecule has 6 heteroatoms. The van der Waals surface area contributed by atoms with E-state index in [2.05, 4.69) is 10.4 Å². The van der Waals surface area contributed by atoms with Crippen LogP contribution in [0.15, 0.2) is 36.7 Å². The number of carbonyl (C=O) groups excluding carboxylic acids is 2. The third-order valence-electron chi connectivity index (χ3n) is 4.59. The van der Waals surface area contributed by atoms with Gasteiger partial charge in [-0.2, -0.15) is 5.10 Å². The minimum atomic E-state index is -0.204. The molecule has 1 fully saturated rings. The highest BCUT2D eigenvalue weighted by molar-refractivity contribution is 5.97. The third-order valence-corrected chi connectivity index (χ3v) is 4.59. The van der Waals surface area contributed by atoms with Gasteiger partial charge in [0.25, 0.3) is 5.91 Å². The maximum atomic E-state index is 12.4. The lowest BCUT2D eigenvalue weighted by molar-refractivity contribution is -0.119. The average Bonchev–Trinajstić information content (AvgIpc) is 3.29. The van der Waals surface area contributed by atoms with Gasteiger partial charge in [-0.25, -0.2) is 0 Å². The summed E-state index contributed by atoms with van der Waals surface area (Å²) < 4.78 is 1.74. The van der Waals surface area contributed by atoms with Gasteiger partial charge in [-0.3, -0.25) is 14.3 Å². The van der Waals surface area contributed by atoms with Crippen LogP contribution in [0.4, 0.5) is 5.69 Å². The molecule has 3 rings (SSSR count). The number of likely N-dealkylation sites (tertiary alicyclic amines) is 1. The molecular formula is C19H24N4O2. The summed E-state index contributed by atoms with van der Waals surface area (Å²) in [5, 5.41) is 7.08. The van der Waals surface area contributed by atoms with Gasteiger partial charge >= 0.3 is 0 Å². The number of hydrogen-bond donors (Lipinski definition) is 1. The van der Waals surface area contributed by atoms with Gasteiger partial charge in [0.05, 0.1) is 12.5 Å². The number of benzene rings is 1.